The molecule has 1 N–H and O–H groups in total. The number of nitro benzene ring substituents is 1. The van der Waals surface area contributed by atoms with Crippen molar-refractivity contribution in [3.05, 3.63) is 74.0 Å². The molecule has 0 aliphatic heterocycles. The van der Waals surface area contributed by atoms with Crippen LogP contribution in [0.5, 0.6) is 0 Å². The number of hydrogen-bond acceptors (Lipinski definition) is 6. The Morgan fingerprint density at radius 1 is 1.26 bits per heavy atom. The second kappa shape index (κ2) is 7.62. The van der Waals surface area contributed by atoms with Crippen molar-refractivity contribution < 1.29 is 9.72 Å². The van der Waals surface area contributed by atoms with Crippen LogP contribution in [0.4, 0.5) is 5.69 Å². The number of rotatable bonds is 5. The Hall–Kier alpha value is -3.14. The molecule has 2 aromatic carbocycles. The molecule has 0 radical (unpaired) electrons. The SMILES string of the molecule is Cc1c(C(=O)NC(C)c2nnnn2-c2ccc(Br)cc2)cccc1[N+](=O)[O-]. The van der Waals surface area contributed by atoms with Gasteiger partial charge in [-0.1, -0.05) is 22.0 Å². The van der Waals surface area contributed by atoms with Gasteiger partial charge in [-0.15, -0.1) is 5.10 Å². The van der Waals surface area contributed by atoms with E-state index >= 15 is 0 Å². The minimum absolute atomic E-state index is 0.102. The molecule has 0 bridgehead atoms. The molecule has 1 aromatic heterocycles. The third-order valence-corrected chi connectivity index (χ3v) is 4.57. The molecular formula is C17H15BrN6O3. The summed E-state index contributed by atoms with van der Waals surface area (Å²) in [6, 6.07) is 11.3. The van der Waals surface area contributed by atoms with Gasteiger partial charge in [0.1, 0.15) is 0 Å². The lowest BCUT2D eigenvalue weighted by atomic mass is 10.1. The molecule has 138 valence electrons. The van der Waals surface area contributed by atoms with Gasteiger partial charge in [0.05, 0.1) is 16.7 Å². The fourth-order valence-electron chi connectivity index (χ4n) is 2.64. The maximum Gasteiger partial charge on any atom is 0.273 e. The summed E-state index contributed by atoms with van der Waals surface area (Å²) in [5, 5.41) is 25.5. The molecule has 1 heterocycles. The molecular weight excluding hydrogens is 416 g/mol. The first-order valence-corrected chi connectivity index (χ1v) is 8.77. The fraction of sp³-hybridized carbons (Fsp3) is 0.176. The van der Waals surface area contributed by atoms with Crippen molar-refractivity contribution in [3.8, 4) is 5.69 Å². The largest absolute Gasteiger partial charge is 0.342 e. The number of carbonyl (C=O) groups is 1. The summed E-state index contributed by atoms with van der Waals surface area (Å²) in [5.41, 5.74) is 1.18. The van der Waals surface area contributed by atoms with E-state index in [2.05, 4.69) is 36.8 Å². The van der Waals surface area contributed by atoms with E-state index in [1.54, 1.807) is 19.9 Å². The highest BCUT2D eigenvalue weighted by Gasteiger charge is 2.22. The molecule has 0 saturated heterocycles. The molecule has 1 amide bonds. The second-order valence-electron chi connectivity index (χ2n) is 5.83. The van der Waals surface area contributed by atoms with Crippen molar-refractivity contribution in [2.75, 3.05) is 0 Å². The van der Waals surface area contributed by atoms with Crippen molar-refractivity contribution in [2.24, 2.45) is 0 Å². The highest BCUT2D eigenvalue weighted by Crippen LogP contribution is 2.22. The van der Waals surface area contributed by atoms with Gasteiger partial charge in [0, 0.05) is 21.7 Å². The quantitative estimate of drug-likeness (QED) is 0.490. The van der Waals surface area contributed by atoms with E-state index in [4.69, 9.17) is 0 Å². The van der Waals surface area contributed by atoms with Crippen molar-refractivity contribution in [3.63, 3.8) is 0 Å². The molecule has 3 aromatic rings. The number of nitrogens with one attached hydrogen (secondary N) is 1. The maximum absolute atomic E-state index is 12.6. The maximum atomic E-state index is 12.6. The molecule has 9 nitrogen and oxygen atoms in total. The summed E-state index contributed by atoms with van der Waals surface area (Å²) >= 11 is 3.37. The Morgan fingerprint density at radius 2 is 1.96 bits per heavy atom. The van der Waals surface area contributed by atoms with Crippen LogP contribution in [0.2, 0.25) is 0 Å². The molecule has 0 aliphatic rings. The van der Waals surface area contributed by atoms with E-state index in [0.29, 0.717) is 11.4 Å². The van der Waals surface area contributed by atoms with Gasteiger partial charge in [-0.25, -0.2) is 0 Å². The van der Waals surface area contributed by atoms with E-state index in [1.165, 1.54) is 16.8 Å². The molecule has 3 rings (SSSR count). The molecule has 0 aliphatic carbocycles. The third kappa shape index (κ3) is 3.85. The Bertz CT molecular complexity index is 1000. The monoisotopic (exact) mass is 430 g/mol. The van der Waals surface area contributed by atoms with Gasteiger partial charge in [-0.05, 0) is 54.6 Å². The molecule has 0 spiro atoms. The topological polar surface area (TPSA) is 116 Å². The van der Waals surface area contributed by atoms with Crippen LogP contribution < -0.4 is 5.32 Å². The smallest absolute Gasteiger partial charge is 0.273 e. The highest BCUT2D eigenvalue weighted by atomic mass is 79.9. The zero-order valence-electron chi connectivity index (χ0n) is 14.5. The van der Waals surface area contributed by atoms with E-state index in [9.17, 15) is 14.9 Å². The molecule has 0 fully saturated rings. The van der Waals surface area contributed by atoms with Gasteiger partial charge in [-0.3, -0.25) is 14.9 Å². The van der Waals surface area contributed by atoms with E-state index in [1.807, 2.05) is 24.3 Å². The second-order valence-corrected chi connectivity index (χ2v) is 6.74. The summed E-state index contributed by atoms with van der Waals surface area (Å²) in [6.45, 7) is 3.29. The lowest BCUT2D eigenvalue weighted by molar-refractivity contribution is -0.385. The predicted octanol–water partition coefficient (Wildman–Crippen LogP) is 3.13. The highest BCUT2D eigenvalue weighted by molar-refractivity contribution is 9.10. The normalized spacial score (nSPS) is 11.8. The Balaban J connectivity index is 1.85. The summed E-state index contributed by atoms with van der Waals surface area (Å²) in [6.07, 6.45) is 0. The fourth-order valence-corrected chi connectivity index (χ4v) is 2.90. The number of hydrogen-bond donors (Lipinski definition) is 1. The first-order valence-electron chi connectivity index (χ1n) is 7.97. The molecule has 27 heavy (non-hydrogen) atoms. The van der Waals surface area contributed by atoms with Crippen LogP contribution in [0.3, 0.4) is 0 Å². The van der Waals surface area contributed by atoms with Gasteiger partial charge in [0.25, 0.3) is 11.6 Å². The Kier molecular flexibility index (Phi) is 5.26. The van der Waals surface area contributed by atoms with Crippen molar-refractivity contribution >= 4 is 27.5 Å². The van der Waals surface area contributed by atoms with Crippen LogP contribution in [0, 0.1) is 17.0 Å². The van der Waals surface area contributed by atoms with Crippen LogP contribution in [-0.2, 0) is 0 Å². The number of aromatic nitrogens is 4. The van der Waals surface area contributed by atoms with Gasteiger partial charge >= 0.3 is 0 Å². The number of amides is 1. The van der Waals surface area contributed by atoms with Gasteiger partial charge < -0.3 is 5.32 Å². The van der Waals surface area contributed by atoms with Crippen molar-refractivity contribution in [1.29, 1.82) is 0 Å². The lowest BCUT2D eigenvalue weighted by Crippen LogP contribution is -2.29. The summed E-state index contributed by atoms with van der Waals surface area (Å²) in [5.74, 6) is 0.00260. The minimum Gasteiger partial charge on any atom is -0.342 e. The molecule has 10 heteroatoms. The molecule has 0 saturated carbocycles. The minimum atomic E-state index is -0.519. The van der Waals surface area contributed by atoms with Crippen molar-refractivity contribution in [2.45, 2.75) is 19.9 Å². The number of nitro groups is 1. The summed E-state index contributed by atoms with van der Waals surface area (Å²) in [4.78, 5) is 23.2. The molecule has 1 unspecified atom stereocenters. The number of nitrogens with zero attached hydrogens (tertiary/aromatic N) is 5. The zero-order valence-corrected chi connectivity index (χ0v) is 16.0. The average Bonchev–Trinajstić information content (AvgIpc) is 3.12. The standard InChI is InChI=1S/C17H15BrN6O3/c1-10-14(4-3-5-15(10)24(26)27)17(25)19-11(2)16-20-21-22-23(16)13-8-6-12(18)7-9-13/h3-9,11H,1-2H3,(H,19,25). The van der Waals surface area contributed by atoms with Crippen LogP contribution in [0.1, 0.15) is 34.7 Å². The number of halogens is 1. The average molecular weight is 431 g/mol. The lowest BCUT2D eigenvalue weighted by Gasteiger charge is -2.14. The first-order chi connectivity index (χ1) is 12.9. The zero-order chi connectivity index (χ0) is 19.6. The number of tetrazole rings is 1. The number of carbonyl (C=O) groups excluding carboxylic acids is 1. The van der Waals surface area contributed by atoms with Crippen LogP contribution in [0.25, 0.3) is 5.69 Å². The van der Waals surface area contributed by atoms with Gasteiger partial charge in [-0.2, -0.15) is 4.68 Å². The van der Waals surface area contributed by atoms with Gasteiger partial charge in [0.15, 0.2) is 5.82 Å². The summed E-state index contributed by atoms with van der Waals surface area (Å²) < 4.78 is 2.45. The first kappa shape index (κ1) is 18.6. The van der Waals surface area contributed by atoms with Crippen LogP contribution in [0.15, 0.2) is 46.9 Å². The van der Waals surface area contributed by atoms with E-state index in [-0.39, 0.29) is 11.3 Å². The predicted molar refractivity (Wildman–Crippen MR) is 101 cm³/mol. The molecule has 1 atom stereocenters. The van der Waals surface area contributed by atoms with Crippen LogP contribution >= 0.6 is 15.9 Å². The van der Waals surface area contributed by atoms with E-state index in [0.717, 1.165) is 10.2 Å². The van der Waals surface area contributed by atoms with Crippen LogP contribution in [-0.4, -0.2) is 31.0 Å². The van der Waals surface area contributed by atoms with Gasteiger partial charge in [0.2, 0.25) is 0 Å². The summed E-state index contributed by atoms with van der Waals surface area (Å²) in [7, 11) is 0. The van der Waals surface area contributed by atoms with Crippen molar-refractivity contribution in [1.82, 2.24) is 25.5 Å². The Morgan fingerprint density at radius 3 is 2.63 bits per heavy atom. The number of benzene rings is 2. The van der Waals surface area contributed by atoms with E-state index < -0.39 is 16.9 Å². The third-order valence-electron chi connectivity index (χ3n) is 4.05. The Labute approximate surface area is 162 Å².